The largest absolute Gasteiger partial charge is 0.311 e. The van der Waals surface area contributed by atoms with E-state index in [9.17, 15) is 0 Å². The number of aromatic nitrogens is 1. The topological polar surface area (TPSA) is 17.9 Å². The first kappa shape index (κ1) is 47.7. The van der Waals surface area contributed by atoms with Gasteiger partial charge in [-0.3, -0.25) is 0 Å². The van der Waals surface area contributed by atoms with Crippen LogP contribution >= 0.6 is 11.3 Å². The second-order valence-corrected chi connectivity index (χ2v) is 25.3. The SMILES string of the molecule is CC(C)(C)c1ccc(N(c2ccc(C(C)(C)C)cc2)c2ccc3c(c2)N(c2cccc4sc5ccccc5c24)c2cc(N(c4ccccc4)c4ccccc4)cc4c2B3c2cccc3c2N4c2cccc4c5ccccc5n-3c24)cc1. The Kier molecular flexibility index (Phi) is 10.4. The fourth-order valence-corrected chi connectivity index (χ4v) is 14.7. The third-order valence-corrected chi connectivity index (χ3v) is 18.5. The number of benzene rings is 11. The van der Waals surface area contributed by atoms with E-state index >= 15 is 0 Å². The van der Waals surface area contributed by atoms with Crippen molar-refractivity contribution in [3.63, 3.8) is 0 Å². The second kappa shape index (κ2) is 17.6. The van der Waals surface area contributed by atoms with Gasteiger partial charge in [-0.25, -0.2) is 0 Å². The Morgan fingerprint density at radius 3 is 1.54 bits per heavy atom. The highest BCUT2D eigenvalue weighted by Gasteiger charge is 2.47. The van der Waals surface area contributed by atoms with E-state index in [0.29, 0.717) is 0 Å². The van der Waals surface area contributed by atoms with Gasteiger partial charge in [-0.15, -0.1) is 11.3 Å². The first-order valence-corrected chi connectivity index (χ1v) is 29.2. The monoisotopic (exact) mass is 1060 g/mol. The van der Waals surface area contributed by atoms with Crippen molar-refractivity contribution in [1.29, 1.82) is 0 Å². The molecule has 3 aliphatic rings. The molecule has 0 radical (unpaired) electrons. The average Bonchev–Trinajstić information content (AvgIpc) is 2.18. The normalized spacial score (nSPS) is 13.2. The zero-order valence-corrected chi connectivity index (χ0v) is 47.1. The highest BCUT2D eigenvalue weighted by molar-refractivity contribution is 7.26. The Balaban J connectivity index is 1.04. The van der Waals surface area contributed by atoms with E-state index in [1.807, 2.05) is 11.3 Å². The molecule has 0 atom stereocenters. The molecule has 3 aliphatic heterocycles. The summed E-state index contributed by atoms with van der Waals surface area (Å²) in [7, 11) is 0. The zero-order valence-electron chi connectivity index (χ0n) is 46.3. The number of hydrogen-bond acceptors (Lipinski definition) is 5. The smallest absolute Gasteiger partial charge is 0.252 e. The number of nitrogens with zero attached hydrogens (tertiary/aromatic N) is 5. The summed E-state index contributed by atoms with van der Waals surface area (Å²) >= 11 is 1.87. The predicted octanol–water partition coefficient (Wildman–Crippen LogP) is 19.1. The Morgan fingerprint density at radius 2 is 0.864 bits per heavy atom. The number of anilines is 12. The fraction of sp³-hybridized carbons (Fsp3) is 0.108. The molecule has 7 heteroatoms. The summed E-state index contributed by atoms with van der Waals surface area (Å²) in [6.45, 7) is 13.6. The molecule has 0 N–H and O–H groups in total. The van der Waals surface area contributed by atoms with Crippen LogP contribution in [-0.4, -0.2) is 11.3 Å². The summed E-state index contributed by atoms with van der Waals surface area (Å²) in [5.74, 6) is 0. The molecule has 81 heavy (non-hydrogen) atoms. The molecule has 0 fully saturated rings. The van der Waals surface area contributed by atoms with Gasteiger partial charge in [-0.05, 0) is 148 Å². The van der Waals surface area contributed by atoms with Gasteiger partial charge in [0.1, 0.15) is 0 Å². The molecule has 0 bridgehead atoms. The first-order chi connectivity index (χ1) is 39.5. The van der Waals surface area contributed by atoms with E-state index in [2.05, 4.69) is 308 Å². The fourth-order valence-electron chi connectivity index (χ4n) is 13.6. The number of fused-ring (bicyclic) bond motifs is 12. The molecule has 388 valence electrons. The van der Waals surface area contributed by atoms with Gasteiger partial charge in [0.25, 0.3) is 6.71 Å². The van der Waals surface area contributed by atoms with Gasteiger partial charge in [-0.1, -0.05) is 175 Å². The third kappa shape index (κ3) is 7.17. The first-order valence-electron chi connectivity index (χ1n) is 28.4. The molecular formula is C74H58BN5S. The van der Waals surface area contributed by atoms with Gasteiger partial charge >= 0.3 is 0 Å². The maximum atomic E-state index is 2.65. The van der Waals surface area contributed by atoms with Crippen LogP contribution in [-0.2, 0) is 10.8 Å². The molecule has 0 amide bonds. The Bertz CT molecular complexity index is 4580. The average molecular weight is 1060 g/mol. The van der Waals surface area contributed by atoms with Crippen LogP contribution in [0.2, 0.25) is 0 Å². The van der Waals surface area contributed by atoms with Crippen LogP contribution < -0.4 is 36.0 Å². The highest BCUT2D eigenvalue weighted by Crippen LogP contribution is 2.55. The van der Waals surface area contributed by atoms with Crippen LogP contribution in [0.25, 0.3) is 47.7 Å². The molecular weight excluding hydrogens is 1000 g/mol. The third-order valence-electron chi connectivity index (χ3n) is 17.3. The second-order valence-electron chi connectivity index (χ2n) is 24.2. The minimum atomic E-state index is -0.121. The standard InChI is InChI=1S/C74H58BN5S/c1-73(2,3)47-34-38-51(39-35-47)76(52-40-36-48(37-41-52)74(4,5)6)53-42-43-58-64(44-53)78(61-29-19-33-68-69(61)57-25-14-16-32-67(57)81-68)65-45-54(77(49-20-9-7-10-21-49)50-22-11-8-12-23-50)46-66-70(65)75(58)59-27-18-31-63-72(59)80(66)62-30-17-26-56-55-24-13-15-28-60(55)79(63)71(56)62/h7-46H,1-6H3. The van der Waals surface area contributed by atoms with Crippen LogP contribution in [0.3, 0.4) is 0 Å². The lowest BCUT2D eigenvalue weighted by molar-refractivity contribution is 0.590. The predicted molar refractivity (Wildman–Crippen MR) is 348 cm³/mol. The van der Waals surface area contributed by atoms with Gasteiger partial charge in [0.15, 0.2) is 0 Å². The molecule has 16 rings (SSSR count). The molecule has 5 heterocycles. The lowest BCUT2D eigenvalue weighted by Crippen LogP contribution is -2.61. The number of rotatable bonds is 7. The summed E-state index contributed by atoms with van der Waals surface area (Å²) in [5.41, 5.74) is 23.7. The van der Waals surface area contributed by atoms with Crippen molar-refractivity contribution in [3.05, 3.63) is 254 Å². The molecule has 11 aromatic carbocycles. The summed E-state index contributed by atoms with van der Waals surface area (Å²) in [5, 5.41) is 5.03. The molecule has 2 aromatic heterocycles. The van der Waals surface area contributed by atoms with Crippen molar-refractivity contribution in [2.24, 2.45) is 0 Å². The van der Waals surface area contributed by atoms with Gasteiger partial charge < -0.3 is 24.2 Å². The number of para-hydroxylation sites is 5. The minimum absolute atomic E-state index is 0.00726. The van der Waals surface area contributed by atoms with E-state index in [1.54, 1.807) is 0 Å². The van der Waals surface area contributed by atoms with Crippen LogP contribution in [0.15, 0.2) is 243 Å². The van der Waals surface area contributed by atoms with E-state index in [4.69, 9.17) is 0 Å². The summed E-state index contributed by atoms with van der Waals surface area (Å²) in [6, 6.07) is 91.5. The van der Waals surface area contributed by atoms with E-state index in [1.165, 1.54) is 92.2 Å². The molecule has 0 unspecified atom stereocenters. The quantitative estimate of drug-likeness (QED) is 0.148. The lowest BCUT2D eigenvalue weighted by Gasteiger charge is -2.47. The van der Waals surface area contributed by atoms with Crippen molar-refractivity contribution in [3.8, 4) is 5.69 Å². The Hall–Kier alpha value is -9.30. The van der Waals surface area contributed by atoms with Gasteiger partial charge in [-0.2, -0.15) is 0 Å². The summed E-state index contributed by atoms with van der Waals surface area (Å²) in [6.07, 6.45) is 0. The number of hydrogen-bond donors (Lipinski definition) is 0. The Labute approximate surface area is 477 Å². The van der Waals surface area contributed by atoms with Gasteiger partial charge in [0, 0.05) is 76.4 Å². The summed E-state index contributed by atoms with van der Waals surface area (Å²) < 4.78 is 5.08. The van der Waals surface area contributed by atoms with Gasteiger partial charge in [0.2, 0.25) is 0 Å². The van der Waals surface area contributed by atoms with E-state index in [0.717, 1.165) is 51.2 Å². The zero-order chi connectivity index (χ0) is 54.5. The Morgan fingerprint density at radius 1 is 0.358 bits per heavy atom. The maximum absolute atomic E-state index is 2.65. The van der Waals surface area contributed by atoms with Crippen molar-refractivity contribution in [1.82, 2.24) is 4.57 Å². The lowest BCUT2D eigenvalue weighted by atomic mass is 9.33. The minimum Gasteiger partial charge on any atom is -0.311 e. The molecule has 0 aliphatic carbocycles. The van der Waals surface area contributed by atoms with Crippen molar-refractivity contribution >= 4 is 145 Å². The number of thiophene rings is 1. The molecule has 0 saturated heterocycles. The molecule has 13 aromatic rings. The van der Waals surface area contributed by atoms with Gasteiger partial charge in [0.05, 0.1) is 39.5 Å². The van der Waals surface area contributed by atoms with E-state index in [-0.39, 0.29) is 17.5 Å². The van der Waals surface area contributed by atoms with E-state index < -0.39 is 0 Å². The van der Waals surface area contributed by atoms with Crippen LogP contribution in [0, 0.1) is 0 Å². The molecule has 5 nitrogen and oxygen atoms in total. The van der Waals surface area contributed by atoms with Crippen LogP contribution in [0.1, 0.15) is 52.7 Å². The highest BCUT2D eigenvalue weighted by atomic mass is 32.1. The van der Waals surface area contributed by atoms with Crippen molar-refractivity contribution < 1.29 is 0 Å². The summed E-state index contributed by atoms with van der Waals surface area (Å²) in [4.78, 5) is 10.2. The van der Waals surface area contributed by atoms with Crippen molar-refractivity contribution in [2.45, 2.75) is 52.4 Å². The maximum Gasteiger partial charge on any atom is 0.252 e. The van der Waals surface area contributed by atoms with Crippen LogP contribution in [0.4, 0.5) is 68.2 Å². The van der Waals surface area contributed by atoms with Crippen molar-refractivity contribution in [2.75, 3.05) is 19.6 Å². The molecule has 0 spiro atoms. The molecule has 0 saturated carbocycles. The van der Waals surface area contributed by atoms with Crippen LogP contribution in [0.5, 0.6) is 0 Å².